The number of ether oxygens (including phenoxy) is 4. The van der Waals surface area contributed by atoms with Gasteiger partial charge in [0.05, 0.1) is 39.6 Å². The third-order valence-electron chi connectivity index (χ3n) is 9.88. The summed E-state index contributed by atoms with van der Waals surface area (Å²) in [6.07, 6.45) is 17.7. The molecule has 4 amide bonds. The number of carboxylic acids is 2. The van der Waals surface area contributed by atoms with E-state index in [2.05, 4.69) is 21.3 Å². The molecular weight excluding hydrogens is 819 g/mol. The zero-order valence-electron chi connectivity index (χ0n) is 38.5. The van der Waals surface area contributed by atoms with Gasteiger partial charge in [-0.2, -0.15) is 0 Å². The average Bonchev–Trinajstić information content (AvgIpc) is 3.22. The lowest BCUT2D eigenvalue weighted by Gasteiger charge is -2.14. The molecule has 63 heavy (non-hydrogen) atoms. The van der Waals surface area contributed by atoms with E-state index in [1.165, 1.54) is 44.9 Å². The molecule has 18 nitrogen and oxygen atoms in total. The number of rotatable bonds is 46. The fourth-order valence-corrected chi connectivity index (χ4v) is 6.49. The summed E-state index contributed by atoms with van der Waals surface area (Å²) in [5.41, 5.74) is 6.00. The first-order valence-electron chi connectivity index (χ1n) is 23.4. The molecule has 0 bridgehead atoms. The summed E-state index contributed by atoms with van der Waals surface area (Å²) in [5, 5.41) is 28.8. The Morgan fingerprint density at radius 2 is 0.921 bits per heavy atom. The van der Waals surface area contributed by atoms with E-state index in [0.717, 1.165) is 38.5 Å². The normalized spacial score (nSPS) is 12.1. The molecule has 0 aromatic rings. The van der Waals surface area contributed by atoms with Crippen LogP contribution >= 0.6 is 0 Å². The van der Waals surface area contributed by atoms with Crippen molar-refractivity contribution in [2.45, 2.75) is 167 Å². The van der Waals surface area contributed by atoms with Gasteiger partial charge in [0, 0.05) is 57.8 Å². The topological polar surface area (TPSA) is 271 Å². The highest BCUT2D eigenvalue weighted by atomic mass is 16.5. The number of amides is 4. The predicted molar refractivity (Wildman–Crippen MR) is 239 cm³/mol. The van der Waals surface area contributed by atoms with Crippen LogP contribution in [0, 0.1) is 5.92 Å². The quantitative estimate of drug-likeness (QED) is 0.0423. The number of carbonyl (C=O) groups excluding carboxylic acids is 5. The minimum absolute atomic E-state index is 0.0276. The first kappa shape index (κ1) is 59.3. The first-order valence-corrected chi connectivity index (χ1v) is 23.4. The minimum atomic E-state index is -1.18. The molecule has 0 unspecified atom stereocenters. The number of aliphatic carboxylic acids is 2. The Morgan fingerprint density at radius 3 is 1.40 bits per heavy atom. The van der Waals surface area contributed by atoms with Crippen LogP contribution in [0.15, 0.2) is 0 Å². The molecule has 8 N–H and O–H groups in total. The number of carboxylic acid groups (broad SMARTS) is 2. The zero-order valence-corrected chi connectivity index (χ0v) is 38.5. The Bertz CT molecular complexity index is 1240. The summed E-state index contributed by atoms with van der Waals surface area (Å²) in [6, 6.07) is -1.34. The second-order valence-corrected chi connectivity index (χ2v) is 16.5. The lowest BCUT2D eigenvalue weighted by atomic mass is 10.00. The maximum absolute atomic E-state index is 12.3. The van der Waals surface area contributed by atoms with E-state index in [1.54, 1.807) is 0 Å². The molecule has 0 saturated heterocycles. The molecule has 0 rings (SSSR count). The van der Waals surface area contributed by atoms with Gasteiger partial charge in [-0.1, -0.05) is 90.9 Å². The van der Waals surface area contributed by atoms with Crippen LogP contribution in [-0.4, -0.2) is 136 Å². The van der Waals surface area contributed by atoms with Gasteiger partial charge in [-0.25, -0.2) is 4.79 Å². The summed E-state index contributed by atoms with van der Waals surface area (Å²) in [7, 11) is 0. The Kier molecular flexibility index (Phi) is 39.8. The molecule has 0 aromatic carbocycles. The summed E-state index contributed by atoms with van der Waals surface area (Å²) >= 11 is 0. The fraction of sp³-hybridized carbons (Fsp3) is 0.844. The second-order valence-electron chi connectivity index (χ2n) is 16.5. The lowest BCUT2D eigenvalue weighted by molar-refractivity contribution is -0.142. The van der Waals surface area contributed by atoms with Gasteiger partial charge in [-0.05, 0) is 38.0 Å². The van der Waals surface area contributed by atoms with E-state index in [0.29, 0.717) is 44.6 Å². The van der Waals surface area contributed by atoms with Crippen molar-refractivity contribution in [3.63, 3.8) is 0 Å². The van der Waals surface area contributed by atoms with E-state index in [-0.39, 0.29) is 127 Å². The van der Waals surface area contributed by atoms with Crippen LogP contribution in [0.3, 0.4) is 0 Å². The van der Waals surface area contributed by atoms with E-state index in [4.69, 9.17) is 29.8 Å². The molecule has 0 aliphatic rings. The molecule has 18 heteroatoms. The highest BCUT2D eigenvalue weighted by molar-refractivity contribution is 5.84. The highest BCUT2D eigenvalue weighted by Gasteiger charge is 2.21. The number of Topliss-reactive ketones (excluding diaryl/α,β-unsaturated/α-hetero) is 1. The lowest BCUT2D eigenvalue weighted by Crippen LogP contribution is -2.41. The van der Waals surface area contributed by atoms with Crippen LogP contribution < -0.4 is 27.0 Å². The van der Waals surface area contributed by atoms with Gasteiger partial charge < -0.3 is 56.2 Å². The van der Waals surface area contributed by atoms with E-state index >= 15 is 0 Å². The summed E-state index contributed by atoms with van der Waals surface area (Å²) < 4.78 is 21.4. The molecule has 366 valence electrons. The summed E-state index contributed by atoms with van der Waals surface area (Å²) in [5.74, 6) is -2.67. The molecule has 0 aromatic heterocycles. The van der Waals surface area contributed by atoms with E-state index in [1.807, 2.05) is 13.8 Å². The molecule has 0 radical (unpaired) electrons. The van der Waals surface area contributed by atoms with Crippen LogP contribution in [0.5, 0.6) is 0 Å². The average molecular weight is 902 g/mol. The van der Waals surface area contributed by atoms with Crippen molar-refractivity contribution in [2.75, 3.05) is 72.5 Å². The molecule has 0 fully saturated rings. The second kappa shape index (κ2) is 42.3. The van der Waals surface area contributed by atoms with Gasteiger partial charge in [-0.15, -0.1) is 0 Å². The number of ketones is 1. The SMILES string of the molecule is CC(C)CC(=O)C[C@@H](N)CCCNC(=O)COCCOCCNC(=O)COCCOCCNC(=O)CC[C@H](NC(=O)CCCCCCCCCCCCCCCCC(=O)O)C(=O)O. The van der Waals surface area contributed by atoms with Crippen molar-refractivity contribution in [1.82, 2.24) is 21.3 Å². The monoisotopic (exact) mass is 902 g/mol. The minimum Gasteiger partial charge on any atom is -0.481 e. The van der Waals surface area contributed by atoms with Crippen LogP contribution in [0.1, 0.15) is 155 Å². The molecule has 2 atom stereocenters. The van der Waals surface area contributed by atoms with Crippen LogP contribution in [0.25, 0.3) is 0 Å². The van der Waals surface area contributed by atoms with Gasteiger partial charge in [0.25, 0.3) is 0 Å². The standard InChI is InChI=1S/C45H83N5O13/c1-36(2)32-38(51)33-37(46)18-17-23-47-42(54)34-62-30-29-61-27-25-49-43(55)35-63-31-28-60-26-24-48-40(52)22-21-39(45(58)59)50-41(53)19-15-13-11-9-7-5-3-4-6-8-10-12-14-16-20-44(56)57/h36-37,39H,3-35,46H2,1-2H3,(H,47,54)(H,48,52)(H,49,55)(H,50,53)(H,56,57)(H,58,59)/t37-,39-/m0/s1. The Labute approximate surface area is 376 Å². The molecule has 0 aliphatic carbocycles. The van der Waals surface area contributed by atoms with Crippen molar-refractivity contribution in [2.24, 2.45) is 11.7 Å². The maximum atomic E-state index is 12.3. The van der Waals surface area contributed by atoms with Crippen LogP contribution in [0.4, 0.5) is 0 Å². The van der Waals surface area contributed by atoms with Gasteiger partial charge in [-0.3, -0.25) is 28.8 Å². The molecule has 0 aliphatic heterocycles. The Hall–Kier alpha value is -3.71. The fourth-order valence-electron chi connectivity index (χ4n) is 6.49. The van der Waals surface area contributed by atoms with Gasteiger partial charge >= 0.3 is 11.9 Å². The molecule has 0 heterocycles. The predicted octanol–water partition coefficient (Wildman–Crippen LogP) is 4.19. The number of nitrogens with two attached hydrogens (primary N) is 1. The van der Waals surface area contributed by atoms with Gasteiger partial charge in [0.15, 0.2) is 0 Å². The summed E-state index contributed by atoms with van der Waals surface area (Å²) in [6.45, 7) is 5.97. The van der Waals surface area contributed by atoms with Gasteiger partial charge in [0.2, 0.25) is 23.6 Å². The first-order chi connectivity index (χ1) is 30.3. The maximum Gasteiger partial charge on any atom is 0.326 e. The zero-order chi connectivity index (χ0) is 46.8. The smallest absolute Gasteiger partial charge is 0.326 e. The van der Waals surface area contributed by atoms with Crippen molar-refractivity contribution >= 4 is 41.4 Å². The third kappa shape index (κ3) is 43.3. The van der Waals surface area contributed by atoms with E-state index in [9.17, 15) is 38.7 Å². The Morgan fingerprint density at radius 1 is 0.476 bits per heavy atom. The van der Waals surface area contributed by atoms with Crippen molar-refractivity contribution < 1.29 is 62.7 Å². The van der Waals surface area contributed by atoms with Crippen LogP contribution in [-0.2, 0) is 52.5 Å². The summed E-state index contributed by atoms with van der Waals surface area (Å²) in [4.78, 5) is 82.4. The number of unbranched alkanes of at least 4 members (excludes halogenated alkanes) is 13. The van der Waals surface area contributed by atoms with Crippen molar-refractivity contribution in [3.8, 4) is 0 Å². The molecule has 0 saturated carbocycles. The van der Waals surface area contributed by atoms with Crippen molar-refractivity contribution in [1.29, 1.82) is 0 Å². The Balaban J connectivity index is 3.66. The molecular formula is C45H83N5O13. The largest absolute Gasteiger partial charge is 0.481 e. The van der Waals surface area contributed by atoms with Gasteiger partial charge in [0.1, 0.15) is 25.0 Å². The number of carbonyl (C=O) groups is 7. The highest BCUT2D eigenvalue weighted by Crippen LogP contribution is 2.14. The number of hydrogen-bond acceptors (Lipinski definition) is 12. The third-order valence-corrected chi connectivity index (χ3v) is 9.88. The van der Waals surface area contributed by atoms with Crippen molar-refractivity contribution in [3.05, 3.63) is 0 Å². The van der Waals surface area contributed by atoms with Crippen LogP contribution in [0.2, 0.25) is 0 Å². The molecule has 0 spiro atoms. The van der Waals surface area contributed by atoms with E-state index < -0.39 is 18.0 Å². The number of hydrogen-bond donors (Lipinski definition) is 7. The number of nitrogens with one attached hydrogen (secondary N) is 4.